The molecule has 0 radical (unpaired) electrons. The summed E-state index contributed by atoms with van der Waals surface area (Å²) in [4.78, 5) is 25.7. The number of nitrogens with zero attached hydrogens (tertiary/aromatic N) is 4. The lowest BCUT2D eigenvalue weighted by Crippen LogP contribution is -2.23. The van der Waals surface area contributed by atoms with E-state index in [9.17, 15) is 9.59 Å². The Morgan fingerprint density at radius 2 is 2.21 bits per heavy atom. The average Bonchev–Trinajstić information content (AvgIpc) is 3.13. The van der Waals surface area contributed by atoms with Gasteiger partial charge in [-0.3, -0.25) is 9.59 Å². The first-order chi connectivity index (χ1) is 11.5. The Balaban J connectivity index is 1.60. The Kier molecular flexibility index (Phi) is 4.84. The van der Waals surface area contributed by atoms with Gasteiger partial charge in [0.05, 0.1) is 5.75 Å². The van der Waals surface area contributed by atoms with Crippen LogP contribution in [0.5, 0.6) is 0 Å². The molecule has 3 rings (SSSR count). The van der Waals surface area contributed by atoms with Crippen LogP contribution < -0.4 is 10.2 Å². The highest BCUT2D eigenvalue weighted by Gasteiger charge is 2.21. The van der Waals surface area contributed by atoms with E-state index in [0.717, 1.165) is 24.5 Å². The number of aromatic nitrogens is 3. The predicted octanol–water partition coefficient (Wildman–Crippen LogP) is 1.98. The molecule has 1 aliphatic heterocycles. The Morgan fingerprint density at radius 3 is 2.88 bits per heavy atom. The summed E-state index contributed by atoms with van der Waals surface area (Å²) in [6.07, 6.45) is 1.47. The van der Waals surface area contributed by atoms with E-state index >= 15 is 0 Å². The van der Waals surface area contributed by atoms with Gasteiger partial charge in [0.15, 0.2) is 5.16 Å². The number of hydrogen-bond acceptors (Lipinski definition) is 5. The summed E-state index contributed by atoms with van der Waals surface area (Å²) in [6, 6.07) is 7.38. The Labute approximate surface area is 144 Å². The molecule has 1 N–H and O–H groups in total. The van der Waals surface area contributed by atoms with Crippen LogP contribution in [0.3, 0.4) is 0 Å². The molecule has 126 valence electrons. The van der Waals surface area contributed by atoms with Crippen LogP contribution in [-0.4, -0.2) is 38.9 Å². The zero-order valence-electron chi connectivity index (χ0n) is 13.7. The summed E-state index contributed by atoms with van der Waals surface area (Å²) in [7, 11) is 1.87. The van der Waals surface area contributed by atoms with Crippen LogP contribution >= 0.6 is 11.8 Å². The molecule has 1 fully saturated rings. The lowest BCUT2D eigenvalue weighted by molar-refractivity contribution is -0.117. The van der Waals surface area contributed by atoms with Gasteiger partial charge in [0.2, 0.25) is 11.8 Å². The third-order valence-electron chi connectivity index (χ3n) is 3.90. The van der Waals surface area contributed by atoms with Gasteiger partial charge in [-0.15, -0.1) is 10.2 Å². The Hall–Kier alpha value is -2.35. The van der Waals surface area contributed by atoms with Gasteiger partial charge in [-0.25, -0.2) is 0 Å². The van der Waals surface area contributed by atoms with Gasteiger partial charge in [0.1, 0.15) is 5.82 Å². The average molecular weight is 345 g/mol. The quantitative estimate of drug-likeness (QED) is 0.838. The molecule has 1 aromatic heterocycles. The van der Waals surface area contributed by atoms with E-state index in [1.54, 1.807) is 4.90 Å². The van der Waals surface area contributed by atoms with Crippen LogP contribution in [0.4, 0.5) is 11.4 Å². The van der Waals surface area contributed by atoms with Gasteiger partial charge in [-0.05, 0) is 31.5 Å². The summed E-state index contributed by atoms with van der Waals surface area (Å²) in [5.74, 6) is 1.07. The maximum Gasteiger partial charge on any atom is 0.234 e. The molecule has 0 saturated carbocycles. The highest BCUT2D eigenvalue weighted by atomic mass is 32.2. The molecule has 0 bridgehead atoms. The van der Waals surface area contributed by atoms with Crippen molar-refractivity contribution in [3.63, 3.8) is 0 Å². The van der Waals surface area contributed by atoms with Gasteiger partial charge in [0, 0.05) is 31.4 Å². The maximum atomic E-state index is 12.1. The molecule has 2 aromatic rings. The number of benzene rings is 1. The fourth-order valence-electron chi connectivity index (χ4n) is 2.51. The number of aryl methyl sites for hydroxylation is 1. The second-order valence-corrected chi connectivity index (χ2v) is 6.57. The number of carbonyl (C=O) groups excluding carboxylic acids is 2. The van der Waals surface area contributed by atoms with Crippen molar-refractivity contribution in [1.82, 2.24) is 14.8 Å². The highest BCUT2D eigenvalue weighted by Crippen LogP contribution is 2.24. The van der Waals surface area contributed by atoms with Crippen molar-refractivity contribution in [3.8, 4) is 0 Å². The topological polar surface area (TPSA) is 80.1 Å². The van der Waals surface area contributed by atoms with Crippen LogP contribution in [-0.2, 0) is 16.6 Å². The molecule has 1 aliphatic rings. The smallest absolute Gasteiger partial charge is 0.234 e. The molecule has 2 heterocycles. The monoisotopic (exact) mass is 345 g/mol. The second kappa shape index (κ2) is 7.04. The van der Waals surface area contributed by atoms with Crippen LogP contribution in [0.2, 0.25) is 0 Å². The first kappa shape index (κ1) is 16.5. The lowest BCUT2D eigenvalue weighted by atomic mass is 10.2. The number of rotatable bonds is 5. The summed E-state index contributed by atoms with van der Waals surface area (Å²) in [5, 5.41) is 11.6. The molecule has 1 saturated heterocycles. The van der Waals surface area contributed by atoms with Crippen LogP contribution in [0.1, 0.15) is 18.7 Å². The minimum absolute atomic E-state index is 0.120. The standard InChI is InChI=1S/C16H19N5O2S/c1-11-18-19-16(20(11)2)24-10-14(22)17-12-5-3-6-13(9-12)21-8-4-7-15(21)23/h3,5-6,9H,4,7-8,10H2,1-2H3,(H,17,22). The molecule has 0 unspecified atom stereocenters. The fourth-order valence-corrected chi connectivity index (χ4v) is 3.27. The molecule has 1 aromatic carbocycles. The molecule has 0 atom stereocenters. The van der Waals surface area contributed by atoms with E-state index in [1.807, 2.05) is 42.8 Å². The summed E-state index contributed by atoms with van der Waals surface area (Å²) in [6.45, 7) is 2.60. The number of amides is 2. The van der Waals surface area contributed by atoms with E-state index < -0.39 is 0 Å². The van der Waals surface area contributed by atoms with Crippen molar-refractivity contribution in [3.05, 3.63) is 30.1 Å². The van der Waals surface area contributed by atoms with Crippen molar-refractivity contribution in [2.24, 2.45) is 7.05 Å². The van der Waals surface area contributed by atoms with Gasteiger partial charge >= 0.3 is 0 Å². The minimum Gasteiger partial charge on any atom is -0.325 e. The summed E-state index contributed by atoms with van der Waals surface area (Å²) < 4.78 is 1.84. The third kappa shape index (κ3) is 3.59. The minimum atomic E-state index is -0.120. The number of thioether (sulfide) groups is 1. The van der Waals surface area contributed by atoms with Crippen LogP contribution in [0.15, 0.2) is 29.4 Å². The SMILES string of the molecule is Cc1nnc(SCC(=O)Nc2cccc(N3CCCC3=O)c2)n1C. The number of hydrogen-bond donors (Lipinski definition) is 1. The van der Waals surface area contributed by atoms with E-state index in [1.165, 1.54) is 11.8 Å². The molecule has 24 heavy (non-hydrogen) atoms. The second-order valence-electron chi connectivity index (χ2n) is 5.62. The van der Waals surface area contributed by atoms with Crippen LogP contribution in [0, 0.1) is 6.92 Å². The van der Waals surface area contributed by atoms with E-state index in [4.69, 9.17) is 0 Å². The molecular formula is C16H19N5O2S. The number of carbonyl (C=O) groups is 2. The molecule has 8 heteroatoms. The molecule has 0 aliphatic carbocycles. The third-order valence-corrected chi connectivity index (χ3v) is 4.92. The van der Waals surface area contributed by atoms with Gasteiger partial charge in [0.25, 0.3) is 0 Å². The fraction of sp³-hybridized carbons (Fsp3) is 0.375. The number of anilines is 2. The van der Waals surface area contributed by atoms with Crippen molar-refractivity contribution in [2.45, 2.75) is 24.9 Å². The lowest BCUT2D eigenvalue weighted by Gasteiger charge is -2.16. The van der Waals surface area contributed by atoms with E-state index in [0.29, 0.717) is 17.3 Å². The van der Waals surface area contributed by atoms with Crippen molar-refractivity contribution < 1.29 is 9.59 Å². The largest absolute Gasteiger partial charge is 0.325 e. The van der Waals surface area contributed by atoms with Crippen LogP contribution in [0.25, 0.3) is 0 Å². The zero-order chi connectivity index (χ0) is 17.1. The predicted molar refractivity (Wildman–Crippen MR) is 93.1 cm³/mol. The molecule has 7 nitrogen and oxygen atoms in total. The van der Waals surface area contributed by atoms with Crippen molar-refractivity contribution in [1.29, 1.82) is 0 Å². The van der Waals surface area contributed by atoms with Crippen molar-refractivity contribution in [2.75, 3.05) is 22.5 Å². The van der Waals surface area contributed by atoms with E-state index in [-0.39, 0.29) is 17.6 Å². The Bertz CT molecular complexity index is 774. The normalized spacial score (nSPS) is 14.2. The first-order valence-corrected chi connectivity index (χ1v) is 8.72. The zero-order valence-corrected chi connectivity index (χ0v) is 14.5. The maximum absolute atomic E-state index is 12.1. The van der Waals surface area contributed by atoms with Gasteiger partial charge < -0.3 is 14.8 Å². The number of nitrogens with one attached hydrogen (secondary N) is 1. The molecular weight excluding hydrogens is 326 g/mol. The van der Waals surface area contributed by atoms with Gasteiger partial charge in [-0.2, -0.15) is 0 Å². The Morgan fingerprint density at radius 1 is 1.38 bits per heavy atom. The molecule has 0 spiro atoms. The van der Waals surface area contributed by atoms with Gasteiger partial charge in [-0.1, -0.05) is 17.8 Å². The first-order valence-electron chi connectivity index (χ1n) is 7.73. The summed E-state index contributed by atoms with van der Waals surface area (Å²) >= 11 is 1.34. The molecule has 2 amide bonds. The van der Waals surface area contributed by atoms with E-state index in [2.05, 4.69) is 15.5 Å². The van der Waals surface area contributed by atoms with Crippen molar-refractivity contribution >= 4 is 35.0 Å². The highest BCUT2D eigenvalue weighted by molar-refractivity contribution is 7.99. The summed E-state index contributed by atoms with van der Waals surface area (Å²) in [5.41, 5.74) is 1.51.